The van der Waals surface area contributed by atoms with Gasteiger partial charge in [0.25, 0.3) is 5.79 Å². The van der Waals surface area contributed by atoms with E-state index in [2.05, 4.69) is 35.2 Å². The number of nitrogens with zero attached hydrogens (tertiary/aromatic N) is 6. The van der Waals surface area contributed by atoms with E-state index in [0.717, 1.165) is 0 Å². The summed E-state index contributed by atoms with van der Waals surface area (Å²) in [6.07, 6.45) is 10.8. The third kappa shape index (κ3) is 6.29. The van der Waals surface area contributed by atoms with E-state index in [1.54, 1.807) is 32.6 Å². The van der Waals surface area contributed by atoms with Crippen LogP contribution in [-0.4, -0.2) is 42.6 Å². The van der Waals surface area contributed by atoms with Gasteiger partial charge in [0.05, 0.1) is 0 Å². The second kappa shape index (κ2) is 15.7. The zero-order valence-corrected chi connectivity index (χ0v) is 17.0. The third-order valence-corrected chi connectivity index (χ3v) is 3.11. The first-order chi connectivity index (χ1) is 12.9. The van der Waals surface area contributed by atoms with Gasteiger partial charge in [-0.3, -0.25) is 0 Å². The number of hydrogen-bond acceptors (Lipinski definition) is 4. The molecule has 3 rings (SSSR count). The van der Waals surface area contributed by atoms with E-state index >= 15 is 0 Å². The summed E-state index contributed by atoms with van der Waals surface area (Å²) < 4.78 is 33.6. The summed E-state index contributed by atoms with van der Waals surface area (Å²) in [4.78, 5) is 0. The fourth-order valence-corrected chi connectivity index (χ4v) is 2.19. The van der Waals surface area contributed by atoms with Crippen LogP contribution in [0.4, 0.5) is 0 Å². The Morgan fingerprint density at radius 1 is 0.778 bits per heavy atom. The van der Waals surface area contributed by atoms with Crippen molar-refractivity contribution in [1.29, 1.82) is 0 Å². The Hall–Kier alpha value is -2.53. The smallest absolute Gasteiger partial charge is 0 e. The zero-order chi connectivity index (χ0) is 19.8. The Balaban J connectivity index is 0. The molecule has 1 radical (unpaired) electrons. The first-order valence-electron chi connectivity index (χ1n) is 7.07. The van der Waals surface area contributed by atoms with Crippen molar-refractivity contribution < 1.29 is 39.1 Å². The molecule has 11 heteroatoms. The van der Waals surface area contributed by atoms with Crippen LogP contribution in [0.25, 0.3) is 0 Å². The molecule has 0 aromatic carbocycles. The Morgan fingerprint density at radius 3 is 1.33 bits per heavy atom. The molecule has 0 N–H and O–H groups in total. The van der Waals surface area contributed by atoms with Crippen molar-refractivity contribution in [2.45, 2.75) is 12.7 Å². The van der Waals surface area contributed by atoms with E-state index in [1.165, 1.54) is 0 Å². The van der Waals surface area contributed by atoms with Crippen LogP contribution in [0.3, 0.4) is 0 Å². The van der Waals surface area contributed by atoms with Gasteiger partial charge in [0.1, 0.15) is 6.61 Å². The molecule has 0 bridgehead atoms. The molecule has 0 aliphatic heterocycles. The molecule has 0 amide bonds. The van der Waals surface area contributed by atoms with Gasteiger partial charge in [-0.05, 0) is 25.1 Å². The fraction of sp³-hybridized carbons (Fsp3) is 0.250. The van der Waals surface area contributed by atoms with E-state index in [1.807, 2.05) is 43.7 Å². The molecule has 0 atom stereocenters. The largest absolute Gasteiger partial charge is 0 e. The molecular formula is C16H16N6O4Re. The first-order valence-corrected chi connectivity index (χ1v) is 7.07. The molecule has 10 nitrogen and oxygen atoms in total. The topological polar surface area (TPSA) is 122 Å². The average Bonchev–Trinajstić information content (AvgIpc) is 3.51. The zero-order valence-electron chi connectivity index (χ0n) is 14.3. The van der Waals surface area contributed by atoms with Gasteiger partial charge in [-0.15, -0.1) is 0 Å². The van der Waals surface area contributed by atoms with Crippen molar-refractivity contribution in [3.05, 3.63) is 75.3 Å². The number of ether oxygens (including phenoxy) is 1. The maximum Gasteiger partial charge on any atom is 0 e. The third-order valence-electron chi connectivity index (χ3n) is 3.11. The number of rotatable bonds is 6. The summed E-state index contributed by atoms with van der Waals surface area (Å²) in [6.45, 7) is 16.4. The maximum absolute atomic E-state index is 7.50. The number of aromatic nitrogens is 6. The maximum atomic E-state index is 7.50. The van der Waals surface area contributed by atoms with Gasteiger partial charge >= 0.3 is 33.9 Å². The van der Waals surface area contributed by atoms with Gasteiger partial charge < -0.3 is 4.74 Å². The van der Waals surface area contributed by atoms with Gasteiger partial charge in [-0.2, -0.15) is 15.3 Å². The van der Waals surface area contributed by atoms with Crippen molar-refractivity contribution in [2.75, 3.05) is 13.2 Å². The summed E-state index contributed by atoms with van der Waals surface area (Å²) in [5.41, 5.74) is 0. The van der Waals surface area contributed by atoms with Crippen molar-refractivity contribution in [2.24, 2.45) is 0 Å². The van der Waals surface area contributed by atoms with Crippen LogP contribution in [0.15, 0.2) is 55.4 Å². The molecule has 0 fully saturated rings. The Labute approximate surface area is 169 Å². The quantitative estimate of drug-likeness (QED) is 0.339. The molecule has 0 aliphatic rings. The van der Waals surface area contributed by atoms with Crippen molar-refractivity contribution in [3.8, 4) is 0 Å². The minimum atomic E-state index is -0.785. The summed E-state index contributed by atoms with van der Waals surface area (Å²) in [6, 6.07) is 5.61. The molecule has 27 heavy (non-hydrogen) atoms. The Kier molecular flexibility index (Phi) is 15.5. The standard InChI is InChI=1S/C13H16N6O.3CO.Re/c1-2-20-12-13(17-9-3-6-14-17,18-10-4-7-15-18)19-11-5-8-16-19;3*1-2;/h3-11H,2,12H2,1H3;;;;. The Morgan fingerprint density at radius 2 is 1.11 bits per heavy atom. The normalized spacial score (nSPS) is 9.00. The second-order valence-electron chi connectivity index (χ2n) is 4.26. The molecule has 0 unspecified atom stereocenters. The van der Waals surface area contributed by atoms with Gasteiger partial charge in [0, 0.05) is 64.2 Å². The summed E-state index contributed by atoms with van der Waals surface area (Å²) in [5.74, 6) is -0.785. The molecule has 141 valence electrons. The van der Waals surface area contributed by atoms with E-state index in [4.69, 9.17) is 18.7 Å². The fourth-order valence-electron chi connectivity index (χ4n) is 2.19. The monoisotopic (exact) mass is 543 g/mol. The minimum absolute atomic E-state index is 0. The van der Waals surface area contributed by atoms with Crippen molar-refractivity contribution >= 4 is 0 Å². The summed E-state index contributed by atoms with van der Waals surface area (Å²) in [7, 11) is 0. The molecule has 0 saturated heterocycles. The SMILES string of the molecule is CCOCC(n1cccn1)(n1cccn1)n1cccn1.[C-]#[O+].[C-]#[O+].[C-]#[O+].[Re]. The van der Waals surface area contributed by atoms with Crippen molar-refractivity contribution in [1.82, 2.24) is 29.3 Å². The molecule has 3 aromatic heterocycles. The second-order valence-corrected chi connectivity index (χ2v) is 4.26. The van der Waals surface area contributed by atoms with Crippen LogP contribution >= 0.6 is 0 Å². The first kappa shape index (κ1) is 26.7. The van der Waals surface area contributed by atoms with E-state index in [9.17, 15) is 0 Å². The molecule has 3 aromatic rings. The summed E-state index contributed by atoms with van der Waals surface area (Å²) in [5, 5.41) is 13.1. The van der Waals surface area contributed by atoms with Crippen LogP contribution in [0.2, 0.25) is 0 Å². The predicted octanol–water partition coefficient (Wildman–Crippen LogP) is 0.904. The van der Waals surface area contributed by atoms with Crippen molar-refractivity contribution in [3.63, 3.8) is 0 Å². The molecule has 0 spiro atoms. The van der Waals surface area contributed by atoms with E-state index in [-0.39, 0.29) is 20.4 Å². The van der Waals surface area contributed by atoms with Gasteiger partial charge in [-0.1, -0.05) is 0 Å². The van der Waals surface area contributed by atoms with Crippen LogP contribution in [0.1, 0.15) is 6.92 Å². The van der Waals surface area contributed by atoms with Crippen LogP contribution < -0.4 is 0 Å². The molecular weight excluding hydrogens is 526 g/mol. The number of hydrogen-bond donors (Lipinski definition) is 0. The summed E-state index contributed by atoms with van der Waals surface area (Å²) >= 11 is 0. The predicted molar refractivity (Wildman–Crippen MR) is 83.7 cm³/mol. The molecule has 0 aliphatic carbocycles. The Bertz CT molecular complexity index is 652. The molecule has 0 saturated carbocycles. The van der Waals surface area contributed by atoms with Crippen LogP contribution in [0, 0.1) is 20.0 Å². The molecule has 3 heterocycles. The van der Waals surface area contributed by atoms with Crippen LogP contribution in [-0.2, 0) is 44.9 Å². The van der Waals surface area contributed by atoms with E-state index < -0.39 is 5.79 Å². The van der Waals surface area contributed by atoms with Gasteiger partial charge in [0.2, 0.25) is 0 Å². The van der Waals surface area contributed by atoms with Gasteiger partial charge in [-0.25, -0.2) is 14.0 Å². The average molecular weight is 543 g/mol. The van der Waals surface area contributed by atoms with Crippen LogP contribution in [0.5, 0.6) is 0 Å². The van der Waals surface area contributed by atoms with Gasteiger partial charge in [0.15, 0.2) is 0 Å². The van der Waals surface area contributed by atoms with E-state index in [0.29, 0.717) is 13.2 Å². The minimum Gasteiger partial charge on any atom is 0 e.